The standard InChI is InChI=1S/C13H23Cl2N3/c1-5-13(4,7-8-14)16-9-11-12(15)10(3)17-18(11)6-2/h16H,5-9H2,1-4H3. The van der Waals surface area contributed by atoms with Gasteiger partial charge in [-0.25, -0.2) is 0 Å². The van der Waals surface area contributed by atoms with Crippen LogP contribution in [0.4, 0.5) is 0 Å². The Hall–Kier alpha value is -0.250. The minimum atomic E-state index is 0.0574. The molecule has 0 spiro atoms. The third kappa shape index (κ3) is 3.62. The number of nitrogens with zero attached hydrogens (tertiary/aromatic N) is 2. The van der Waals surface area contributed by atoms with Gasteiger partial charge in [0.25, 0.3) is 0 Å². The molecule has 1 rings (SSSR count). The van der Waals surface area contributed by atoms with Crippen LogP contribution in [0, 0.1) is 6.92 Å². The van der Waals surface area contributed by atoms with E-state index in [1.807, 2.05) is 11.6 Å². The molecule has 3 nitrogen and oxygen atoms in total. The van der Waals surface area contributed by atoms with Crippen LogP contribution in [-0.2, 0) is 13.1 Å². The number of aromatic nitrogens is 2. The lowest BCUT2D eigenvalue weighted by Gasteiger charge is -2.29. The maximum absolute atomic E-state index is 6.29. The second-order valence-electron chi connectivity index (χ2n) is 4.87. The zero-order valence-electron chi connectivity index (χ0n) is 11.7. The smallest absolute Gasteiger partial charge is 0.0860 e. The fraction of sp³-hybridized carbons (Fsp3) is 0.769. The summed E-state index contributed by atoms with van der Waals surface area (Å²) in [6.07, 6.45) is 1.98. The second kappa shape index (κ2) is 6.78. The number of alkyl halides is 1. The first-order valence-corrected chi connectivity index (χ1v) is 7.41. The quantitative estimate of drug-likeness (QED) is 0.776. The van der Waals surface area contributed by atoms with Crippen molar-refractivity contribution in [1.29, 1.82) is 0 Å². The Labute approximate surface area is 120 Å². The van der Waals surface area contributed by atoms with E-state index in [2.05, 4.69) is 31.2 Å². The zero-order chi connectivity index (χ0) is 13.8. The van der Waals surface area contributed by atoms with Crippen LogP contribution in [-0.4, -0.2) is 21.2 Å². The molecule has 0 bridgehead atoms. The Balaban J connectivity index is 2.79. The van der Waals surface area contributed by atoms with E-state index < -0.39 is 0 Å². The number of hydrogen-bond acceptors (Lipinski definition) is 2. The van der Waals surface area contributed by atoms with E-state index in [0.717, 1.165) is 42.3 Å². The van der Waals surface area contributed by atoms with Crippen molar-refractivity contribution in [2.45, 2.75) is 59.2 Å². The van der Waals surface area contributed by atoms with Gasteiger partial charge in [-0.1, -0.05) is 18.5 Å². The Kier molecular flexibility index (Phi) is 5.96. The predicted octanol–water partition coefficient (Wildman–Crippen LogP) is 3.75. The van der Waals surface area contributed by atoms with Crippen molar-refractivity contribution in [2.24, 2.45) is 0 Å². The molecule has 1 aromatic heterocycles. The van der Waals surface area contributed by atoms with E-state index in [-0.39, 0.29) is 5.54 Å². The average Bonchev–Trinajstić information content (AvgIpc) is 2.63. The topological polar surface area (TPSA) is 29.9 Å². The van der Waals surface area contributed by atoms with Crippen LogP contribution in [0.3, 0.4) is 0 Å². The van der Waals surface area contributed by atoms with Crippen LogP contribution in [0.2, 0.25) is 5.02 Å². The molecule has 0 amide bonds. The van der Waals surface area contributed by atoms with E-state index >= 15 is 0 Å². The van der Waals surface area contributed by atoms with Gasteiger partial charge in [-0.15, -0.1) is 11.6 Å². The molecule has 0 saturated heterocycles. The summed E-state index contributed by atoms with van der Waals surface area (Å²) in [5, 5.41) is 8.75. The van der Waals surface area contributed by atoms with Crippen LogP contribution in [0.15, 0.2) is 0 Å². The van der Waals surface area contributed by atoms with Crippen molar-refractivity contribution in [3.63, 3.8) is 0 Å². The molecular formula is C13H23Cl2N3. The first kappa shape index (κ1) is 15.8. The lowest BCUT2D eigenvalue weighted by atomic mass is 9.95. The van der Waals surface area contributed by atoms with Crippen LogP contribution >= 0.6 is 23.2 Å². The Morgan fingerprint density at radius 3 is 2.56 bits per heavy atom. The number of rotatable bonds is 7. The molecule has 1 N–H and O–H groups in total. The predicted molar refractivity (Wildman–Crippen MR) is 78.5 cm³/mol. The molecule has 0 aliphatic carbocycles. The lowest BCUT2D eigenvalue weighted by molar-refractivity contribution is 0.326. The van der Waals surface area contributed by atoms with E-state index in [1.165, 1.54) is 0 Å². The molecule has 0 aliphatic rings. The number of halogens is 2. The fourth-order valence-corrected chi connectivity index (χ4v) is 2.55. The first-order chi connectivity index (χ1) is 8.47. The molecule has 1 aromatic rings. The second-order valence-corrected chi connectivity index (χ2v) is 5.62. The van der Waals surface area contributed by atoms with Gasteiger partial charge in [0.2, 0.25) is 0 Å². The van der Waals surface area contributed by atoms with E-state index in [0.29, 0.717) is 5.88 Å². The third-order valence-corrected chi connectivity index (χ3v) is 4.24. The minimum Gasteiger partial charge on any atom is -0.306 e. The van der Waals surface area contributed by atoms with Gasteiger partial charge < -0.3 is 5.32 Å². The van der Waals surface area contributed by atoms with Crippen molar-refractivity contribution < 1.29 is 0 Å². The normalized spacial score (nSPS) is 14.8. The molecule has 18 heavy (non-hydrogen) atoms. The van der Waals surface area contributed by atoms with Gasteiger partial charge in [-0.05, 0) is 33.6 Å². The third-order valence-electron chi connectivity index (χ3n) is 3.56. The van der Waals surface area contributed by atoms with E-state index in [9.17, 15) is 0 Å². The number of aryl methyl sites for hydroxylation is 2. The highest BCUT2D eigenvalue weighted by atomic mass is 35.5. The van der Waals surface area contributed by atoms with Crippen molar-refractivity contribution in [2.75, 3.05) is 5.88 Å². The molecule has 0 saturated carbocycles. The molecule has 104 valence electrons. The molecule has 0 aromatic carbocycles. The first-order valence-electron chi connectivity index (χ1n) is 6.50. The molecule has 0 fully saturated rings. The van der Waals surface area contributed by atoms with Crippen LogP contribution in [0.1, 0.15) is 45.0 Å². The minimum absolute atomic E-state index is 0.0574. The number of hydrogen-bond donors (Lipinski definition) is 1. The number of nitrogens with one attached hydrogen (secondary N) is 1. The van der Waals surface area contributed by atoms with Crippen LogP contribution < -0.4 is 5.32 Å². The van der Waals surface area contributed by atoms with Crippen molar-refractivity contribution in [3.05, 3.63) is 16.4 Å². The Morgan fingerprint density at radius 2 is 2.06 bits per heavy atom. The van der Waals surface area contributed by atoms with Gasteiger partial charge in [-0.2, -0.15) is 5.10 Å². The highest BCUT2D eigenvalue weighted by Gasteiger charge is 2.22. The van der Waals surface area contributed by atoms with Crippen molar-refractivity contribution >= 4 is 23.2 Å². The van der Waals surface area contributed by atoms with Gasteiger partial charge in [0.15, 0.2) is 0 Å². The maximum atomic E-state index is 6.29. The summed E-state index contributed by atoms with van der Waals surface area (Å²) in [4.78, 5) is 0. The molecule has 1 heterocycles. The Morgan fingerprint density at radius 1 is 1.39 bits per heavy atom. The summed E-state index contributed by atoms with van der Waals surface area (Å²) < 4.78 is 1.96. The maximum Gasteiger partial charge on any atom is 0.0860 e. The monoisotopic (exact) mass is 291 g/mol. The Bertz CT molecular complexity index is 390. The van der Waals surface area contributed by atoms with Crippen LogP contribution in [0.5, 0.6) is 0 Å². The highest BCUT2D eigenvalue weighted by Crippen LogP contribution is 2.22. The van der Waals surface area contributed by atoms with Crippen LogP contribution in [0.25, 0.3) is 0 Å². The van der Waals surface area contributed by atoms with Gasteiger partial charge in [0.1, 0.15) is 0 Å². The SMILES string of the molecule is CCn1nc(C)c(Cl)c1CNC(C)(CC)CCCl. The molecule has 5 heteroatoms. The molecular weight excluding hydrogens is 269 g/mol. The largest absolute Gasteiger partial charge is 0.306 e. The van der Waals surface area contributed by atoms with Gasteiger partial charge in [-0.3, -0.25) is 4.68 Å². The van der Waals surface area contributed by atoms with E-state index in [4.69, 9.17) is 23.2 Å². The summed E-state index contributed by atoms with van der Waals surface area (Å²) in [7, 11) is 0. The average molecular weight is 292 g/mol. The van der Waals surface area contributed by atoms with Gasteiger partial charge in [0.05, 0.1) is 16.4 Å². The summed E-state index contributed by atoms with van der Waals surface area (Å²) in [6, 6.07) is 0. The van der Waals surface area contributed by atoms with Crippen molar-refractivity contribution in [1.82, 2.24) is 15.1 Å². The summed E-state index contributed by atoms with van der Waals surface area (Å²) in [6.45, 7) is 9.95. The van der Waals surface area contributed by atoms with E-state index in [1.54, 1.807) is 0 Å². The molecule has 1 atom stereocenters. The van der Waals surface area contributed by atoms with Gasteiger partial charge >= 0.3 is 0 Å². The summed E-state index contributed by atoms with van der Waals surface area (Å²) in [5.74, 6) is 0.664. The highest BCUT2D eigenvalue weighted by molar-refractivity contribution is 6.31. The summed E-state index contributed by atoms with van der Waals surface area (Å²) in [5.41, 5.74) is 2.01. The van der Waals surface area contributed by atoms with Crippen molar-refractivity contribution in [3.8, 4) is 0 Å². The molecule has 0 aliphatic heterocycles. The fourth-order valence-electron chi connectivity index (χ4n) is 1.93. The molecule has 1 unspecified atom stereocenters. The van der Waals surface area contributed by atoms with Gasteiger partial charge in [0, 0.05) is 24.5 Å². The zero-order valence-corrected chi connectivity index (χ0v) is 13.2. The molecule has 0 radical (unpaired) electrons. The lowest BCUT2D eigenvalue weighted by Crippen LogP contribution is -2.42. The summed E-state index contributed by atoms with van der Waals surface area (Å²) >= 11 is 12.1.